The minimum atomic E-state index is -0.828. The Kier molecular flexibility index (Phi) is 8.16. The van der Waals surface area contributed by atoms with Crippen molar-refractivity contribution in [1.29, 1.82) is 0 Å². The van der Waals surface area contributed by atoms with E-state index in [-0.39, 0.29) is 37.1 Å². The van der Waals surface area contributed by atoms with Gasteiger partial charge in [-0.25, -0.2) is 0 Å². The number of nitrogens with one attached hydrogen (secondary N) is 1. The summed E-state index contributed by atoms with van der Waals surface area (Å²) in [5.41, 5.74) is 1.52. The number of hydrogen-bond donors (Lipinski definition) is 1. The quantitative estimate of drug-likeness (QED) is 0.437. The zero-order valence-corrected chi connectivity index (χ0v) is 20.2. The summed E-state index contributed by atoms with van der Waals surface area (Å²) >= 11 is 6.02. The second-order valence-electron chi connectivity index (χ2n) is 8.72. The van der Waals surface area contributed by atoms with Gasteiger partial charge in [0.1, 0.15) is 17.7 Å². The maximum atomic E-state index is 13.7. The van der Waals surface area contributed by atoms with Crippen molar-refractivity contribution in [2.45, 2.75) is 57.2 Å². The zero-order valence-electron chi connectivity index (χ0n) is 19.4. The van der Waals surface area contributed by atoms with Crippen LogP contribution in [0.2, 0.25) is 0 Å². The van der Waals surface area contributed by atoms with Gasteiger partial charge < -0.3 is 24.4 Å². The highest BCUT2D eigenvalue weighted by molar-refractivity contribution is 6.27. The van der Waals surface area contributed by atoms with Gasteiger partial charge in [-0.1, -0.05) is 43.9 Å². The van der Waals surface area contributed by atoms with E-state index in [0.717, 1.165) is 31.2 Å². The van der Waals surface area contributed by atoms with Crippen molar-refractivity contribution in [3.63, 3.8) is 0 Å². The fourth-order valence-corrected chi connectivity index (χ4v) is 4.75. The Morgan fingerprint density at radius 3 is 2.44 bits per heavy atom. The molecule has 2 aliphatic rings. The number of halogens is 1. The first-order valence-electron chi connectivity index (χ1n) is 11.8. The van der Waals surface area contributed by atoms with E-state index >= 15 is 0 Å². The maximum Gasteiger partial charge on any atom is 0.247 e. The van der Waals surface area contributed by atoms with Crippen LogP contribution in [0.5, 0.6) is 17.2 Å². The van der Waals surface area contributed by atoms with Gasteiger partial charge in [0, 0.05) is 12.6 Å². The largest absolute Gasteiger partial charge is 0.497 e. The van der Waals surface area contributed by atoms with E-state index in [4.69, 9.17) is 25.8 Å². The Morgan fingerprint density at radius 1 is 1.06 bits per heavy atom. The van der Waals surface area contributed by atoms with Crippen molar-refractivity contribution in [3.05, 3.63) is 53.6 Å². The number of fused-ring (bicyclic) bond motifs is 1. The van der Waals surface area contributed by atoms with Crippen LogP contribution in [0.15, 0.2) is 42.5 Å². The highest BCUT2D eigenvalue weighted by atomic mass is 35.5. The van der Waals surface area contributed by atoms with E-state index in [2.05, 4.69) is 5.32 Å². The first kappa shape index (κ1) is 24.2. The van der Waals surface area contributed by atoms with Gasteiger partial charge in [0.2, 0.25) is 18.6 Å². The van der Waals surface area contributed by atoms with Gasteiger partial charge in [-0.3, -0.25) is 9.59 Å². The molecular formula is C26H31ClN2O5. The predicted molar refractivity (Wildman–Crippen MR) is 129 cm³/mol. The number of rotatable bonds is 8. The first-order chi connectivity index (χ1) is 16.6. The monoisotopic (exact) mass is 486 g/mol. The van der Waals surface area contributed by atoms with Crippen LogP contribution in [0.3, 0.4) is 0 Å². The molecule has 1 saturated carbocycles. The van der Waals surface area contributed by atoms with Crippen LogP contribution in [-0.2, 0) is 16.1 Å². The van der Waals surface area contributed by atoms with Crippen molar-refractivity contribution >= 4 is 23.4 Å². The Morgan fingerprint density at radius 2 is 1.76 bits per heavy atom. The number of nitrogens with zero attached hydrogens (tertiary/aromatic N) is 1. The number of methoxy groups -OCH3 is 1. The summed E-state index contributed by atoms with van der Waals surface area (Å²) in [7, 11) is 1.59. The van der Waals surface area contributed by atoms with Crippen molar-refractivity contribution in [3.8, 4) is 17.2 Å². The highest BCUT2D eigenvalue weighted by Gasteiger charge is 2.33. The molecule has 8 heteroatoms. The maximum absolute atomic E-state index is 13.7. The number of carbonyl (C=O) groups is 2. The molecule has 1 heterocycles. The molecule has 0 unspecified atom stereocenters. The number of alkyl halides is 1. The number of carbonyl (C=O) groups excluding carboxylic acids is 2. The number of amides is 2. The van der Waals surface area contributed by atoms with E-state index in [9.17, 15) is 9.59 Å². The van der Waals surface area contributed by atoms with Crippen molar-refractivity contribution in [2.75, 3.05) is 19.8 Å². The van der Waals surface area contributed by atoms with Crippen LogP contribution in [0.25, 0.3) is 0 Å². The Bertz CT molecular complexity index is 989. The SMILES string of the molecule is COc1ccc([C@H](C(=O)NC2CCCCCC2)N(Cc2ccc3c(c2)OCO3)C(=O)CCl)cc1. The molecular weight excluding hydrogens is 456 g/mol. The first-order valence-corrected chi connectivity index (χ1v) is 12.3. The van der Waals surface area contributed by atoms with E-state index in [1.165, 1.54) is 12.8 Å². The zero-order chi connectivity index (χ0) is 23.9. The van der Waals surface area contributed by atoms with E-state index in [1.54, 1.807) is 24.1 Å². The smallest absolute Gasteiger partial charge is 0.247 e. The van der Waals surface area contributed by atoms with Crippen molar-refractivity contribution in [1.82, 2.24) is 10.2 Å². The summed E-state index contributed by atoms with van der Waals surface area (Å²) in [5.74, 6) is 1.22. The average molecular weight is 487 g/mol. The third-order valence-electron chi connectivity index (χ3n) is 6.42. The van der Waals surface area contributed by atoms with Gasteiger partial charge in [0.25, 0.3) is 0 Å². The molecule has 1 N–H and O–H groups in total. The molecule has 0 spiro atoms. The number of benzene rings is 2. The molecule has 0 aromatic heterocycles. The summed E-state index contributed by atoms with van der Waals surface area (Å²) in [5, 5.41) is 3.22. The fourth-order valence-electron chi connectivity index (χ4n) is 4.60. The van der Waals surface area contributed by atoms with Gasteiger partial charge in [-0.15, -0.1) is 11.6 Å². The Hall–Kier alpha value is -2.93. The molecule has 1 atom stereocenters. The van der Waals surface area contributed by atoms with Gasteiger partial charge in [-0.05, 0) is 48.2 Å². The van der Waals surface area contributed by atoms with Gasteiger partial charge in [0.05, 0.1) is 7.11 Å². The van der Waals surface area contributed by atoms with Crippen LogP contribution >= 0.6 is 11.6 Å². The Balaban J connectivity index is 1.65. The minimum Gasteiger partial charge on any atom is -0.497 e. The van der Waals surface area contributed by atoms with Crippen LogP contribution in [0.1, 0.15) is 55.7 Å². The number of hydrogen-bond acceptors (Lipinski definition) is 5. The molecule has 2 amide bonds. The second kappa shape index (κ2) is 11.5. The topological polar surface area (TPSA) is 77.1 Å². The highest BCUT2D eigenvalue weighted by Crippen LogP contribution is 2.34. The third kappa shape index (κ3) is 5.76. The lowest BCUT2D eigenvalue weighted by atomic mass is 10.0. The van der Waals surface area contributed by atoms with Gasteiger partial charge >= 0.3 is 0 Å². The predicted octanol–water partition coefficient (Wildman–Crippen LogP) is 4.57. The van der Waals surface area contributed by atoms with E-state index in [0.29, 0.717) is 22.8 Å². The van der Waals surface area contributed by atoms with Crippen molar-refractivity contribution in [2.24, 2.45) is 0 Å². The molecule has 0 bridgehead atoms. The molecule has 2 aromatic rings. The second-order valence-corrected chi connectivity index (χ2v) is 8.98. The molecule has 2 aromatic carbocycles. The summed E-state index contributed by atoms with van der Waals surface area (Å²) in [4.78, 5) is 28.3. The molecule has 1 fully saturated rings. The van der Waals surface area contributed by atoms with Crippen LogP contribution in [-0.4, -0.2) is 42.5 Å². The molecule has 4 rings (SSSR count). The lowest BCUT2D eigenvalue weighted by molar-refractivity contribution is -0.140. The van der Waals surface area contributed by atoms with Crippen LogP contribution < -0.4 is 19.5 Å². The average Bonchev–Trinajstić information content (AvgIpc) is 3.18. The summed E-state index contributed by atoms with van der Waals surface area (Å²) in [6, 6.07) is 12.0. The summed E-state index contributed by atoms with van der Waals surface area (Å²) in [6.07, 6.45) is 6.48. The van der Waals surface area contributed by atoms with Crippen LogP contribution in [0.4, 0.5) is 0 Å². The molecule has 1 aliphatic heterocycles. The standard InChI is InChI=1S/C26H31ClN2O5/c1-32-21-11-9-19(10-12-21)25(26(31)28-20-6-4-2-3-5-7-20)29(24(30)15-27)16-18-8-13-22-23(14-18)34-17-33-22/h8-14,20,25H,2-7,15-17H2,1H3,(H,28,31)/t25-/m1/s1. The lowest BCUT2D eigenvalue weighted by Crippen LogP contribution is -2.46. The molecule has 182 valence electrons. The van der Waals surface area contributed by atoms with Gasteiger partial charge in [-0.2, -0.15) is 0 Å². The molecule has 7 nitrogen and oxygen atoms in total. The van der Waals surface area contributed by atoms with Gasteiger partial charge in [0.15, 0.2) is 11.5 Å². The Labute approximate surface area is 205 Å². The third-order valence-corrected chi connectivity index (χ3v) is 6.65. The fraction of sp³-hybridized carbons (Fsp3) is 0.462. The normalized spacial score (nSPS) is 16.4. The van der Waals surface area contributed by atoms with Crippen LogP contribution in [0, 0.1) is 0 Å². The molecule has 0 radical (unpaired) electrons. The lowest BCUT2D eigenvalue weighted by Gasteiger charge is -2.32. The summed E-state index contributed by atoms with van der Waals surface area (Å²) in [6.45, 7) is 0.373. The minimum absolute atomic E-state index is 0.106. The molecule has 1 aliphatic carbocycles. The molecule has 0 saturated heterocycles. The summed E-state index contributed by atoms with van der Waals surface area (Å²) < 4.78 is 16.2. The van der Waals surface area contributed by atoms with Crippen molar-refractivity contribution < 1.29 is 23.8 Å². The molecule has 34 heavy (non-hydrogen) atoms. The van der Waals surface area contributed by atoms with E-state index < -0.39 is 6.04 Å². The number of ether oxygens (including phenoxy) is 3. The van der Waals surface area contributed by atoms with E-state index in [1.807, 2.05) is 30.3 Å².